The Morgan fingerprint density at radius 3 is 2.78 bits per heavy atom. The number of rotatable bonds is 1. The summed E-state index contributed by atoms with van der Waals surface area (Å²) in [6.07, 6.45) is 0. The number of carbonyl (C=O) groups excluding carboxylic acids is 1. The molecule has 1 aromatic rings. The van der Waals surface area contributed by atoms with Crippen LogP contribution < -0.4 is 0 Å². The number of hydrogen-bond donors (Lipinski definition) is 0. The monoisotopic (exact) mass is 159 g/mol. The molecular formula is C6H4ClOS. The van der Waals surface area contributed by atoms with Gasteiger partial charge in [0, 0.05) is 0 Å². The van der Waals surface area contributed by atoms with Gasteiger partial charge in [0.15, 0.2) is 5.78 Å². The molecule has 47 valence electrons. The van der Waals surface area contributed by atoms with Crippen molar-refractivity contribution < 1.29 is 4.79 Å². The third-order valence-corrected chi connectivity index (χ3v) is 2.13. The molecule has 0 bridgehead atoms. The molecule has 0 spiro atoms. The molecule has 0 aromatic carbocycles. The molecule has 9 heavy (non-hydrogen) atoms. The largest absolute Gasteiger partial charge is 0.294 e. The number of Topliss-reactive ketones (excluding diaryl/α,β-unsaturated/α-hetero) is 1. The van der Waals surface area contributed by atoms with Gasteiger partial charge in [0.2, 0.25) is 0 Å². The summed E-state index contributed by atoms with van der Waals surface area (Å²) in [5.74, 6) is 0.0446. The normalized spacial score (nSPS) is 9.56. The molecule has 0 aliphatic rings. The van der Waals surface area contributed by atoms with Gasteiger partial charge in [-0.15, -0.1) is 11.3 Å². The summed E-state index contributed by atoms with van der Waals surface area (Å²) >= 11 is 6.76. The maximum absolute atomic E-state index is 10.6. The van der Waals surface area contributed by atoms with Crippen molar-refractivity contribution in [1.82, 2.24) is 0 Å². The second-order valence-corrected chi connectivity index (χ2v) is 2.87. The van der Waals surface area contributed by atoms with E-state index in [-0.39, 0.29) is 5.78 Å². The van der Waals surface area contributed by atoms with Crippen LogP contribution >= 0.6 is 22.9 Å². The average molecular weight is 160 g/mol. The van der Waals surface area contributed by atoms with Crippen molar-refractivity contribution in [3.63, 3.8) is 0 Å². The van der Waals surface area contributed by atoms with Crippen LogP contribution in [0.3, 0.4) is 0 Å². The van der Waals surface area contributed by atoms with Crippen LogP contribution in [-0.2, 0) is 0 Å². The number of thiophene rings is 1. The molecule has 0 saturated carbocycles. The lowest BCUT2D eigenvalue weighted by Crippen LogP contribution is -1.83. The van der Waals surface area contributed by atoms with Crippen molar-refractivity contribution in [2.24, 2.45) is 0 Å². The van der Waals surface area contributed by atoms with E-state index in [1.54, 1.807) is 6.07 Å². The standard InChI is InChI=1S/C6H4ClOS/c1-4(8)6-2-5(7)3-9-6/h2H,1H3. The lowest BCUT2D eigenvalue weighted by Gasteiger charge is -1.79. The highest BCUT2D eigenvalue weighted by atomic mass is 35.5. The van der Waals surface area contributed by atoms with Gasteiger partial charge in [0.05, 0.1) is 15.3 Å². The molecule has 0 saturated heterocycles. The molecule has 1 rings (SSSR count). The molecule has 0 N–H and O–H groups in total. The highest BCUT2D eigenvalue weighted by Crippen LogP contribution is 2.17. The fourth-order valence-corrected chi connectivity index (χ4v) is 1.33. The van der Waals surface area contributed by atoms with Gasteiger partial charge in [0.1, 0.15) is 0 Å². The van der Waals surface area contributed by atoms with Gasteiger partial charge < -0.3 is 0 Å². The van der Waals surface area contributed by atoms with Crippen molar-refractivity contribution in [3.05, 3.63) is 21.3 Å². The van der Waals surface area contributed by atoms with E-state index >= 15 is 0 Å². The number of halogens is 1. The molecule has 0 amide bonds. The third-order valence-electron chi connectivity index (χ3n) is 0.863. The van der Waals surface area contributed by atoms with Crippen LogP contribution in [0.4, 0.5) is 0 Å². The zero-order valence-electron chi connectivity index (χ0n) is 4.77. The first kappa shape index (κ1) is 6.78. The van der Waals surface area contributed by atoms with Gasteiger partial charge in [-0.1, -0.05) is 11.6 Å². The van der Waals surface area contributed by atoms with Gasteiger partial charge in [-0.3, -0.25) is 4.79 Å². The van der Waals surface area contributed by atoms with Crippen molar-refractivity contribution in [2.45, 2.75) is 6.92 Å². The van der Waals surface area contributed by atoms with E-state index in [9.17, 15) is 4.79 Å². The van der Waals surface area contributed by atoms with E-state index < -0.39 is 0 Å². The molecular weight excluding hydrogens is 156 g/mol. The quantitative estimate of drug-likeness (QED) is 0.576. The molecule has 0 aliphatic heterocycles. The summed E-state index contributed by atoms with van der Waals surface area (Å²) < 4.78 is 0. The Morgan fingerprint density at radius 1 is 1.89 bits per heavy atom. The lowest BCUT2D eigenvalue weighted by molar-refractivity contribution is 0.102. The summed E-state index contributed by atoms with van der Waals surface area (Å²) in [6, 6.07) is 1.62. The SMILES string of the molecule is CC(=O)c1cc(Cl)[c]s1. The smallest absolute Gasteiger partial charge is 0.169 e. The third kappa shape index (κ3) is 1.53. The highest BCUT2D eigenvalue weighted by molar-refractivity contribution is 7.12. The van der Waals surface area contributed by atoms with Crippen molar-refractivity contribution in [2.75, 3.05) is 0 Å². The Labute approximate surface area is 62.3 Å². The van der Waals surface area contributed by atoms with Gasteiger partial charge in [0.25, 0.3) is 0 Å². The average Bonchev–Trinajstić information content (AvgIpc) is 2.14. The topological polar surface area (TPSA) is 17.1 Å². The second kappa shape index (κ2) is 2.50. The van der Waals surface area contributed by atoms with Crippen LogP contribution in [0.1, 0.15) is 16.6 Å². The molecule has 0 unspecified atom stereocenters. The highest BCUT2D eigenvalue weighted by Gasteiger charge is 2.01. The summed E-state index contributed by atoms with van der Waals surface area (Å²) in [5, 5.41) is 3.25. The van der Waals surface area contributed by atoms with Crippen molar-refractivity contribution in [3.8, 4) is 0 Å². The Balaban J connectivity index is 2.98. The fourth-order valence-electron chi connectivity index (χ4n) is 0.451. The fraction of sp³-hybridized carbons (Fsp3) is 0.167. The molecule has 0 aliphatic carbocycles. The van der Waals surface area contributed by atoms with Crippen molar-refractivity contribution >= 4 is 28.7 Å². The van der Waals surface area contributed by atoms with Crippen LogP contribution in [0.5, 0.6) is 0 Å². The predicted octanol–water partition coefficient (Wildman–Crippen LogP) is 2.40. The number of hydrogen-bond acceptors (Lipinski definition) is 2. The Bertz CT molecular complexity index is 229. The minimum Gasteiger partial charge on any atom is -0.294 e. The number of ketones is 1. The van der Waals surface area contributed by atoms with Gasteiger partial charge in [-0.25, -0.2) is 0 Å². The van der Waals surface area contributed by atoms with Gasteiger partial charge in [-0.05, 0) is 13.0 Å². The van der Waals surface area contributed by atoms with Crippen LogP contribution in [0.2, 0.25) is 5.02 Å². The molecule has 1 aromatic heterocycles. The minimum atomic E-state index is 0.0446. The summed E-state index contributed by atoms with van der Waals surface area (Å²) in [5.41, 5.74) is 0. The number of carbonyl (C=O) groups is 1. The van der Waals surface area contributed by atoms with E-state index in [2.05, 4.69) is 5.38 Å². The van der Waals surface area contributed by atoms with Crippen molar-refractivity contribution in [1.29, 1.82) is 0 Å². The zero-order valence-corrected chi connectivity index (χ0v) is 6.34. The van der Waals surface area contributed by atoms with Crippen LogP contribution in [-0.4, -0.2) is 5.78 Å². The Kier molecular flexibility index (Phi) is 1.88. The molecule has 1 nitrogen and oxygen atoms in total. The van der Waals surface area contributed by atoms with E-state index in [4.69, 9.17) is 11.6 Å². The zero-order chi connectivity index (χ0) is 6.85. The minimum absolute atomic E-state index is 0.0446. The predicted molar refractivity (Wildman–Crippen MR) is 38.2 cm³/mol. The van der Waals surface area contributed by atoms with Crippen LogP contribution in [0.25, 0.3) is 0 Å². The Hall–Kier alpha value is -0.340. The maximum Gasteiger partial charge on any atom is 0.169 e. The molecule has 0 atom stereocenters. The molecule has 1 heterocycles. The molecule has 1 radical (unpaired) electrons. The maximum atomic E-state index is 10.6. The van der Waals surface area contributed by atoms with E-state index in [0.29, 0.717) is 9.90 Å². The van der Waals surface area contributed by atoms with Gasteiger partial charge in [-0.2, -0.15) is 0 Å². The summed E-state index contributed by atoms with van der Waals surface area (Å²) in [7, 11) is 0. The Morgan fingerprint density at radius 2 is 2.56 bits per heavy atom. The first-order valence-electron chi connectivity index (χ1n) is 2.38. The molecule has 0 fully saturated rings. The summed E-state index contributed by atoms with van der Waals surface area (Å²) in [6.45, 7) is 1.51. The van der Waals surface area contributed by atoms with Crippen LogP contribution in [0.15, 0.2) is 6.07 Å². The van der Waals surface area contributed by atoms with E-state index in [1.807, 2.05) is 0 Å². The second-order valence-electron chi connectivity index (χ2n) is 1.62. The van der Waals surface area contributed by atoms with E-state index in [0.717, 1.165) is 0 Å². The lowest BCUT2D eigenvalue weighted by atomic mass is 10.4. The summed E-state index contributed by atoms with van der Waals surface area (Å²) in [4.78, 5) is 11.3. The first-order chi connectivity index (χ1) is 4.20. The van der Waals surface area contributed by atoms with Crippen LogP contribution in [0, 0.1) is 5.38 Å². The van der Waals surface area contributed by atoms with E-state index in [1.165, 1.54) is 18.3 Å². The molecule has 3 heteroatoms. The van der Waals surface area contributed by atoms with Gasteiger partial charge >= 0.3 is 0 Å². The first-order valence-corrected chi connectivity index (χ1v) is 3.57.